The molecular formula is C20H17N5O6S2. The summed E-state index contributed by atoms with van der Waals surface area (Å²) in [6.45, 7) is 3.13. The molecular weight excluding hydrogens is 470 g/mol. The number of oxazole rings is 1. The highest BCUT2D eigenvalue weighted by Gasteiger charge is 2.21. The fourth-order valence-corrected chi connectivity index (χ4v) is 4.56. The van der Waals surface area contributed by atoms with Gasteiger partial charge in [0, 0.05) is 5.69 Å². The van der Waals surface area contributed by atoms with Crippen LogP contribution in [0, 0.1) is 6.92 Å². The van der Waals surface area contributed by atoms with Crippen molar-refractivity contribution < 1.29 is 27.2 Å². The third-order valence-corrected chi connectivity index (χ3v) is 6.64. The van der Waals surface area contributed by atoms with E-state index in [2.05, 4.69) is 25.2 Å². The molecule has 0 aliphatic carbocycles. The first-order valence-corrected chi connectivity index (χ1v) is 11.8. The summed E-state index contributed by atoms with van der Waals surface area (Å²) in [7, 11) is -3.86. The molecule has 2 aromatic heterocycles. The van der Waals surface area contributed by atoms with Gasteiger partial charge in [-0.25, -0.2) is 18.2 Å². The number of hydrogen-bond acceptors (Lipinski definition) is 10. The zero-order valence-electron chi connectivity index (χ0n) is 17.3. The van der Waals surface area contributed by atoms with E-state index < -0.39 is 28.0 Å². The van der Waals surface area contributed by atoms with E-state index in [1.807, 2.05) is 0 Å². The van der Waals surface area contributed by atoms with Crippen LogP contribution in [0.4, 0.5) is 10.8 Å². The van der Waals surface area contributed by atoms with Crippen molar-refractivity contribution in [2.24, 2.45) is 0 Å². The summed E-state index contributed by atoms with van der Waals surface area (Å²) < 4.78 is 37.6. The summed E-state index contributed by atoms with van der Waals surface area (Å²) in [5.74, 6) is -1.28. The number of aromatic nitrogens is 3. The molecule has 2 aromatic carbocycles. The van der Waals surface area contributed by atoms with Crippen molar-refractivity contribution in [2.45, 2.75) is 24.8 Å². The van der Waals surface area contributed by atoms with Crippen molar-refractivity contribution in [3.63, 3.8) is 0 Å². The van der Waals surface area contributed by atoms with Gasteiger partial charge >= 0.3 is 5.97 Å². The van der Waals surface area contributed by atoms with Gasteiger partial charge in [0.15, 0.2) is 18.1 Å². The van der Waals surface area contributed by atoms with E-state index in [1.54, 1.807) is 13.0 Å². The molecule has 1 atom stereocenters. The minimum Gasteiger partial charge on any atom is -0.449 e. The number of esters is 1. The van der Waals surface area contributed by atoms with Crippen LogP contribution < -0.4 is 10.0 Å². The first-order valence-electron chi connectivity index (χ1n) is 9.49. The Hall–Kier alpha value is -3.84. The number of carbonyl (C=O) groups excluding carboxylic acids is 2. The molecule has 4 rings (SSSR count). The highest BCUT2D eigenvalue weighted by Crippen LogP contribution is 2.21. The van der Waals surface area contributed by atoms with Crippen LogP contribution in [0.15, 0.2) is 58.2 Å². The summed E-state index contributed by atoms with van der Waals surface area (Å²) in [5.41, 5.74) is 1.56. The fourth-order valence-electron chi connectivity index (χ4n) is 2.74. The Balaban J connectivity index is 1.36. The van der Waals surface area contributed by atoms with Crippen molar-refractivity contribution in [1.82, 2.24) is 15.2 Å². The molecule has 0 saturated heterocycles. The minimum atomic E-state index is -3.86. The normalized spacial score (nSPS) is 12.3. The molecule has 0 aliphatic heterocycles. The number of nitrogens with zero attached hydrogens (tertiary/aromatic N) is 3. The van der Waals surface area contributed by atoms with Gasteiger partial charge in [-0.1, -0.05) is 11.3 Å². The van der Waals surface area contributed by atoms with Crippen LogP contribution in [-0.4, -0.2) is 41.6 Å². The lowest BCUT2D eigenvalue weighted by Crippen LogP contribution is -2.30. The molecule has 0 aliphatic rings. The quantitative estimate of drug-likeness (QED) is 0.374. The maximum Gasteiger partial charge on any atom is 0.339 e. The van der Waals surface area contributed by atoms with Crippen LogP contribution in [0.25, 0.3) is 11.1 Å². The number of fused-ring (bicyclic) bond motifs is 1. The highest BCUT2D eigenvalue weighted by molar-refractivity contribution is 7.93. The van der Waals surface area contributed by atoms with Gasteiger partial charge in [-0.15, -0.1) is 10.2 Å². The second-order valence-electron chi connectivity index (χ2n) is 6.83. The Bertz CT molecular complexity index is 1430. The minimum absolute atomic E-state index is 0.0179. The van der Waals surface area contributed by atoms with Gasteiger partial charge in [0.25, 0.3) is 15.9 Å². The summed E-state index contributed by atoms with van der Waals surface area (Å²) in [6, 6.07) is 10.1. The van der Waals surface area contributed by atoms with E-state index in [9.17, 15) is 18.0 Å². The van der Waals surface area contributed by atoms with Crippen molar-refractivity contribution in [1.29, 1.82) is 0 Å². The highest BCUT2D eigenvalue weighted by atomic mass is 32.2. The Morgan fingerprint density at radius 2 is 1.88 bits per heavy atom. The smallest absolute Gasteiger partial charge is 0.339 e. The summed E-state index contributed by atoms with van der Waals surface area (Å²) in [5, 5.41) is 10.8. The monoisotopic (exact) mass is 487 g/mol. The zero-order chi connectivity index (χ0) is 23.6. The third kappa shape index (κ3) is 5.15. The molecule has 2 N–H and O–H groups in total. The molecule has 4 aromatic rings. The first kappa shape index (κ1) is 22.4. The van der Waals surface area contributed by atoms with Crippen molar-refractivity contribution >= 4 is 55.2 Å². The third-order valence-electron chi connectivity index (χ3n) is 4.40. The summed E-state index contributed by atoms with van der Waals surface area (Å²) in [4.78, 5) is 28.7. The van der Waals surface area contributed by atoms with Crippen LogP contribution in [0.1, 0.15) is 22.3 Å². The van der Waals surface area contributed by atoms with Gasteiger partial charge in [0.2, 0.25) is 5.13 Å². The molecule has 0 bridgehead atoms. The standard InChI is InChI=1S/C20H17N5O6S2/c1-11(31-19(27)13-3-8-16-17(9-13)30-10-21-16)18(26)22-14-4-6-15(7-5-14)33(28,29)25-20-24-23-12(2)32-20/h3-11H,1-2H3,(H,22,26)(H,24,25). The predicted octanol–water partition coefficient (Wildman–Crippen LogP) is 2.97. The molecule has 2 heterocycles. The molecule has 13 heteroatoms. The number of amides is 1. The largest absolute Gasteiger partial charge is 0.449 e. The van der Waals surface area contributed by atoms with E-state index >= 15 is 0 Å². The van der Waals surface area contributed by atoms with Crippen LogP contribution in [-0.2, 0) is 19.6 Å². The number of hydrogen-bond donors (Lipinski definition) is 2. The average Bonchev–Trinajstić information content (AvgIpc) is 3.41. The van der Waals surface area contributed by atoms with E-state index in [4.69, 9.17) is 9.15 Å². The number of aryl methyl sites for hydroxylation is 1. The van der Waals surface area contributed by atoms with E-state index in [-0.39, 0.29) is 15.6 Å². The Morgan fingerprint density at radius 1 is 1.12 bits per heavy atom. The molecule has 1 amide bonds. The maximum absolute atomic E-state index is 12.4. The molecule has 0 spiro atoms. The molecule has 0 radical (unpaired) electrons. The molecule has 11 nitrogen and oxygen atoms in total. The van der Waals surface area contributed by atoms with Gasteiger partial charge in [-0.05, 0) is 56.3 Å². The van der Waals surface area contributed by atoms with Gasteiger partial charge in [-0.2, -0.15) is 0 Å². The summed E-state index contributed by atoms with van der Waals surface area (Å²) in [6.07, 6.45) is 0.160. The molecule has 0 saturated carbocycles. The topological polar surface area (TPSA) is 153 Å². The first-order chi connectivity index (χ1) is 15.7. The molecule has 33 heavy (non-hydrogen) atoms. The number of sulfonamides is 1. The predicted molar refractivity (Wildman–Crippen MR) is 119 cm³/mol. The van der Waals surface area contributed by atoms with Crippen LogP contribution in [0.5, 0.6) is 0 Å². The zero-order valence-corrected chi connectivity index (χ0v) is 18.9. The number of carbonyl (C=O) groups is 2. The SMILES string of the molecule is Cc1nnc(NS(=O)(=O)c2ccc(NC(=O)C(C)OC(=O)c3ccc4ncoc4c3)cc2)s1. The van der Waals surface area contributed by atoms with E-state index in [0.29, 0.717) is 21.8 Å². The lowest BCUT2D eigenvalue weighted by molar-refractivity contribution is -0.123. The van der Waals surface area contributed by atoms with E-state index in [1.165, 1.54) is 49.7 Å². The lowest BCUT2D eigenvalue weighted by atomic mass is 10.2. The van der Waals surface area contributed by atoms with E-state index in [0.717, 1.165) is 11.3 Å². The Morgan fingerprint density at radius 3 is 2.58 bits per heavy atom. The molecule has 0 fully saturated rings. The van der Waals surface area contributed by atoms with Gasteiger partial charge in [0.05, 0.1) is 10.5 Å². The van der Waals surface area contributed by atoms with Crippen molar-refractivity contribution in [2.75, 3.05) is 10.0 Å². The van der Waals surface area contributed by atoms with Crippen LogP contribution in [0.2, 0.25) is 0 Å². The van der Waals surface area contributed by atoms with Gasteiger partial charge in [0.1, 0.15) is 10.5 Å². The van der Waals surface area contributed by atoms with Crippen molar-refractivity contribution in [3.05, 3.63) is 59.4 Å². The van der Waals surface area contributed by atoms with Gasteiger partial charge < -0.3 is 14.5 Å². The number of ether oxygens (including phenoxy) is 1. The van der Waals surface area contributed by atoms with Crippen LogP contribution >= 0.6 is 11.3 Å². The number of rotatable bonds is 7. The van der Waals surface area contributed by atoms with Crippen LogP contribution in [0.3, 0.4) is 0 Å². The molecule has 1 unspecified atom stereocenters. The number of nitrogens with one attached hydrogen (secondary N) is 2. The average molecular weight is 488 g/mol. The second kappa shape index (κ2) is 8.96. The Kier molecular flexibility index (Phi) is 6.07. The number of anilines is 2. The fraction of sp³-hybridized carbons (Fsp3) is 0.150. The maximum atomic E-state index is 12.4. The van der Waals surface area contributed by atoms with Gasteiger partial charge in [-0.3, -0.25) is 9.52 Å². The summed E-state index contributed by atoms with van der Waals surface area (Å²) >= 11 is 1.11. The Labute approximate surface area is 191 Å². The van der Waals surface area contributed by atoms with Crippen molar-refractivity contribution in [3.8, 4) is 0 Å². The lowest BCUT2D eigenvalue weighted by Gasteiger charge is -2.14. The molecule has 170 valence electrons. The number of benzene rings is 2. The second-order valence-corrected chi connectivity index (χ2v) is 9.69.